The van der Waals surface area contributed by atoms with Crippen LogP contribution in [0.1, 0.15) is 24.6 Å². The number of thiocarbonyl (C=S) groups is 1. The Morgan fingerprint density at radius 2 is 2.24 bits per heavy atom. The summed E-state index contributed by atoms with van der Waals surface area (Å²) in [6.07, 6.45) is 3.62. The maximum Gasteiger partial charge on any atom is 0.154 e. The van der Waals surface area contributed by atoms with Gasteiger partial charge in [-0.25, -0.2) is 17.5 Å². The van der Waals surface area contributed by atoms with Crippen LogP contribution in [0.5, 0.6) is 0 Å². The fraction of sp³-hybridized carbons (Fsp3) is 0.312. The molecule has 1 N–H and O–H groups in total. The molecule has 0 aliphatic carbocycles. The molecule has 1 aliphatic rings. The Bertz CT molecular complexity index is 951. The molecule has 0 saturated heterocycles. The van der Waals surface area contributed by atoms with Gasteiger partial charge in [-0.1, -0.05) is 23.5 Å². The molecule has 0 saturated carbocycles. The molecule has 2 heterocycles. The lowest BCUT2D eigenvalue weighted by Gasteiger charge is -2.15. The topological polar surface area (TPSA) is 76.9 Å². The summed E-state index contributed by atoms with van der Waals surface area (Å²) in [6, 6.07) is 4.75. The van der Waals surface area contributed by atoms with Crippen molar-refractivity contribution in [1.82, 2.24) is 20.3 Å². The van der Waals surface area contributed by atoms with Gasteiger partial charge in [-0.05, 0) is 31.1 Å². The number of benzene rings is 1. The van der Waals surface area contributed by atoms with Crippen LogP contribution >= 0.6 is 12.2 Å². The first-order chi connectivity index (χ1) is 11.8. The van der Waals surface area contributed by atoms with E-state index in [2.05, 4.69) is 15.6 Å². The SMILES string of the molecule is CC(=S)NCc1cn(-c2ccc(C3=CCS(=O)(=O)CC3)c(F)c2)nn1. The molecule has 25 heavy (non-hydrogen) atoms. The van der Waals surface area contributed by atoms with E-state index < -0.39 is 15.7 Å². The minimum Gasteiger partial charge on any atom is -0.374 e. The quantitative estimate of drug-likeness (QED) is 0.818. The van der Waals surface area contributed by atoms with Gasteiger partial charge in [0.1, 0.15) is 11.5 Å². The van der Waals surface area contributed by atoms with Gasteiger partial charge in [-0.15, -0.1) is 5.10 Å². The van der Waals surface area contributed by atoms with Crippen molar-refractivity contribution >= 4 is 32.6 Å². The molecule has 0 fully saturated rings. The van der Waals surface area contributed by atoms with E-state index in [4.69, 9.17) is 12.2 Å². The molecule has 9 heteroatoms. The zero-order chi connectivity index (χ0) is 18.0. The van der Waals surface area contributed by atoms with Crippen LogP contribution in [0.25, 0.3) is 11.3 Å². The zero-order valence-electron chi connectivity index (χ0n) is 13.6. The third kappa shape index (κ3) is 4.29. The molecule has 0 bridgehead atoms. The van der Waals surface area contributed by atoms with Crippen molar-refractivity contribution in [3.8, 4) is 5.69 Å². The van der Waals surface area contributed by atoms with Crippen LogP contribution in [0.2, 0.25) is 0 Å². The van der Waals surface area contributed by atoms with Crippen molar-refractivity contribution in [1.29, 1.82) is 0 Å². The normalized spacial score (nSPS) is 16.3. The molecule has 6 nitrogen and oxygen atoms in total. The lowest BCUT2D eigenvalue weighted by atomic mass is 10.0. The monoisotopic (exact) mass is 380 g/mol. The first-order valence-corrected chi connectivity index (χ1v) is 9.92. The van der Waals surface area contributed by atoms with Crippen molar-refractivity contribution < 1.29 is 12.8 Å². The lowest BCUT2D eigenvalue weighted by molar-refractivity contribution is 0.596. The van der Waals surface area contributed by atoms with Crippen LogP contribution < -0.4 is 5.32 Å². The molecular formula is C16H17FN4O2S2. The smallest absolute Gasteiger partial charge is 0.154 e. The molecule has 0 radical (unpaired) electrons. The van der Waals surface area contributed by atoms with Gasteiger partial charge in [0, 0.05) is 11.6 Å². The summed E-state index contributed by atoms with van der Waals surface area (Å²) in [5.41, 5.74) is 2.38. The van der Waals surface area contributed by atoms with Crippen molar-refractivity contribution in [3.63, 3.8) is 0 Å². The van der Waals surface area contributed by atoms with E-state index in [1.165, 1.54) is 10.7 Å². The number of nitrogens with one attached hydrogen (secondary N) is 1. The summed E-state index contributed by atoms with van der Waals surface area (Å²) in [7, 11) is -3.03. The van der Waals surface area contributed by atoms with E-state index in [-0.39, 0.29) is 11.5 Å². The molecule has 1 aromatic heterocycles. The average molecular weight is 380 g/mol. The van der Waals surface area contributed by atoms with Crippen molar-refractivity contribution in [2.45, 2.75) is 19.9 Å². The van der Waals surface area contributed by atoms with Crippen LogP contribution in [-0.4, -0.2) is 39.9 Å². The molecule has 0 unspecified atom stereocenters. The predicted octanol–water partition coefficient (Wildman–Crippen LogP) is 2.05. The van der Waals surface area contributed by atoms with Gasteiger partial charge in [-0.2, -0.15) is 0 Å². The number of nitrogens with zero attached hydrogens (tertiary/aromatic N) is 3. The van der Waals surface area contributed by atoms with E-state index in [9.17, 15) is 12.8 Å². The number of hydrogen-bond donors (Lipinski definition) is 1. The van der Waals surface area contributed by atoms with Gasteiger partial charge in [0.15, 0.2) is 9.84 Å². The Labute approximate surface area is 150 Å². The van der Waals surface area contributed by atoms with Gasteiger partial charge >= 0.3 is 0 Å². The lowest BCUT2D eigenvalue weighted by Crippen LogP contribution is -2.17. The average Bonchev–Trinajstić information content (AvgIpc) is 3.02. The van der Waals surface area contributed by atoms with Crippen molar-refractivity contribution in [3.05, 3.63) is 47.5 Å². The second-order valence-corrected chi connectivity index (χ2v) is 8.66. The third-order valence-electron chi connectivity index (χ3n) is 3.89. The summed E-state index contributed by atoms with van der Waals surface area (Å²) in [5, 5.41) is 11.0. The summed E-state index contributed by atoms with van der Waals surface area (Å²) < 4.78 is 38.9. The molecule has 1 aliphatic heterocycles. The van der Waals surface area contributed by atoms with E-state index >= 15 is 0 Å². The Balaban J connectivity index is 1.81. The first kappa shape index (κ1) is 17.7. The summed E-state index contributed by atoms with van der Waals surface area (Å²) in [6.45, 7) is 2.23. The zero-order valence-corrected chi connectivity index (χ0v) is 15.2. The molecule has 132 valence electrons. The molecule has 3 rings (SSSR count). The highest BCUT2D eigenvalue weighted by Gasteiger charge is 2.19. The van der Waals surface area contributed by atoms with Crippen molar-refractivity contribution in [2.75, 3.05) is 11.5 Å². The number of sulfone groups is 1. The van der Waals surface area contributed by atoms with E-state index in [1.54, 1.807) is 31.3 Å². The summed E-state index contributed by atoms with van der Waals surface area (Å²) in [5.74, 6) is -0.394. The van der Waals surface area contributed by atoms with Gasteiger partial charge in [-0.3, -0.25) is 0 Å². The predicted molar refractivity (Wildman–Crippen MR) is 97.7 cm³/mol. The van der Waals surface area contributed by atoms with Gasteiger partial charge in [0.05, 0.1) is 34.9 Å². The second kappa shape index (κ2) is 7.01. The largest absolute Gasteiger partial charge is 0.374 e. The highest BCUT2D eigenvalue weighted by Crippen LogP contribution is 2.27. The Morgan fingerprint density at radius 1 is 1.44 bits per heavy atom. The van der Waals surface area contributed by atoms with Gasteiger partial charge in [0.2, 0.25) is 0 Å². The maximum atomic E-state index is 14.5. The van der Waals surface area contributed by atoms with Gasteiger partial charge in [0.25, 0.3) is 0 Å². The van der Waals surface area contributed by atoms with E-state index in [0.29, 0.717) is 34.9 Å². The summed E-state index contributed by atoms with van der Waals surface area (Å²) >= 11 is 4.94. The van der Waals surface area contributed by atoms with Gasteiger partial charge < -0.3 is 5.32 Å². The maximum absolute atomic E-state index is 14.5. The fourth-order valence-electron chi connectivity index (χ4n) is 2.55. The molecule has 2 aromatic rings. The molecule has 0 amide bonds. The first-order valence-electron chi connectivity index (χ1n) is 7.69. The molecule has 0 atom stereocenters. The van der Waals surface area contributed by atoms with Crippen LogP contribution in [0.3, 0.4) is 0 Å². The summed E-state index contributed by atoms with van der Waals surface area (Å²) in [4.78, 5) is 0.660. The number of hydrogen-bond acceptors (Lipinski definition) is 5. The number of aromatic nitrogens is 3. The molecule has 0 spiro atoms. The number of halogens is 1. The van der Waals surface area contributed by atoms with Crippen LogP contribution in [0.15, 0.2) is 30.5 Å². The Kier molecular flexibility index (Phi) is 4.96. The Morgan fingerprint density at radius 3 is 2.88 bits per heavy atom. The van der Waals surface area contributed by atoms with Crippen LogP contribution in [0, 0.1) is 5.82 Å². The Hall–Kier alpha value is -2.13. The third-order valence-corrected chi connectivity index (χ3v) is 5.53. The number of allylic oxidation sites excluding steroid dienone is 1. The van der Waals surface area contributed by atoms with Crippen LogP contribution in [0.4, 0.5) is 4.39 Å². The molecule has 1 aromatic carbocycles. The number of rotatable bonds is 4. The highest BCUT2D eigenvalue weighted by molar-refractivity contribution is 7.91. The van der Waals surface area contributed by atoms with Crippen LogP contribution in [-0.2, 0) is 16.4 Å². The minimum absolute atomic E-state index is 0.0394. The second-order valence-electron chi connectivity index (χ2n) is 5.82. The molecular weight excluding hydrogens is 363 g/mol. The standard InChI is InChI=1S/C16H17FN4O2S2/c1-11(24)18-9-13-10-21(20-19-13)14-2-3-15(16(17)8-14)12-4-6-25(22,23)7-5-12/h2-4,8,10H,5-7,9H2,1H3,(H,18,24). The fourth-order valence-corrected chi connectivity index (χ4v) is 3.78. The minimum atomic E-state index is -3.03. The van der Waals surface area contributed by atoms with E-state index in [0.717, 1.165) is 5.57 Å². The highest BCUT2D eigenvalue weighted by atomic mass is 32.2. The van der Waals surface area contributed by atoms with Crippen molar-refractivity contribution in [2.24, 2.45) is 0 Å². The van der Waals surface area contributed by atoms with E-state index in [1.807, 2.05) is 0 Å².